The smallest absolute Gasteiger partial charge is 0.407 e. The van der Waals surface area contributed by atoms with Crippen molar-refractivity contribution in [3.8, 4) is 0 Å². The molecule has 1 aliphatic heterocycles. The standard InChI is InChI=1S/C11H20N2O3/c1-11(2,3)16-10(15)13-7-5-8-4-6-12-9(8)14/h8H,4-7H2,1-3H3,(H,12,14)(H,13,15). The van der Waals surface area contributed by atoms with Crippen molar-refractivity contribution >= 4 is 12.0 Å². The van der Waals surface area contributed by atoms with E-state index in [9.17, 15) is 9.59 Å². The van der Waals surface area contributed by atoms with Crippen LogP contribution >= 0.6 is 0 Å². The SMILES string of the molecule is CC(C)(C)OC(=O)NCCC1CCNC1=O. The monoisotopic (exact) mass is 228 g/mol. The highest BCUT2D eigenvalue weighted by Crippen LogP contribution is 2.13. The summed E-state index contributed by atoms with van der Waals surface area (Å²) < 4.78 is 5.08. The molecule has 0 spiro atoms. The van der Waals surface area contributed by atoms with Gasteiger partial charge in [-0.15, -0.1) is 0 Å². The molecule has 0 aromatic carbocycles. The zero-order valence-corrected chi connectivity index (χ0v) is 10.1. The highest BCUT2D eigenvalue weighted by molar-refractivity contribution is 5.80. The van der Waals surface area contributed by atoms with Crippen LogP contribution in [0.3, 0.4) is 0 Å². The molecule has 1 unspecified atom stereocenters. The Hall–Kier alpha value is -1.26. The topological polar surface area (TPSA) is 67.4 Å². The van der Waals surface area contributed by atoms with Gasteiger partial charge in [0.1, 0.15) is 5.60 Å². The fourth-order valence-corrected chi connectivity index (χ4v) is 1.58. The van der Waals surface area contributed by atoms with E-state index in [2.05, 4.69) is 10.6 Å². The molecule has 2 N–H and O–H groups in total. The van der Waals surface area contributed by atoms with E-state index in [1.54, 1.807) is 0 Å². The summed E-state index contributed by atoms with van der Waals surface area (Å²) in [4.78, 5) is 22.5. The maximum absolute atomic E-state index is 11.3. The lowest BCUT2D eigenvalue weighted by molar-refractivity contribution is -0.122. The summed E-state index contributed by atoms with van der Waals surface area (Å²) >= 11 is 0. The molecule has 5 nitrogen and oxygen atoms in total. The van der Waals surface area contributed by atoms with Crippen LogP contribution < -0.4 is 10.6 Å². The summed E-state index contributed by atoms with van der Waals surface area (Å²) in [6.45, 7) is 6.67. The molecule has 0 aliphatic carbocycles. The second kappa shape index (κ2) is 5.18. The first-order valence-electron chi connectivity index (χ1n) is 5.63. The number of ether oxygens (including phenoxy) is 1. The Morgan fingerprint density at radius 2 is 2.25 bits per heavy atom. The number of nitrogens with one attached hydrogen (secondary N) is 2. The fourth-order valence-electron chi connectivity index (χ4n) is 1.58. The lowest BCUT2D eigenvalue weighted by Gasteiger charge is -2.19. The maximum atomic E-state index is 11.3. The summed E-state index contributed by atoms with van der Waals surface area (Å²) in [7, 11) is 0. The molecule has 1 atom stereocenters. The van der Waals surface area contributed by atoms with Gasteiger partial charge in [0.2, 0.25) is 5.91 Å². The summed E-state index contributed by atoms with van der Waals surface area (Å²) in [5.74, 6) is 0.126. The van der Waals surface area contributed by atoms with E-state index in [4.69, 9.17) is 4.74 Å². The van der Waals surface area contributed by atoms with Crippen LogP contribution in [0.4, 0.5) is 4.79 Å². The van der Waals surface area contributed by atoms with E-state index in [0.717, 1.165) is 13.0 Å². The van der Waals surface area contributed by atoms with Gasteiger partial charge in [-0.3, -0.25) is 4.79 Å². The first-order valence-corrected chi connectivity index (χ1v) is 5.63. The number of carbonyl (C=O) groups excluding carboxylic acids is 2. The first-order chi connectivity index (χ1) is 7.38. The highest BCUT2D eigenvalue weighted by Gasteiger charge is 2.23. The zero-order chi connectivity index (χ0) is 12.2. The molecule has 5 heteroatoms. The average molecular weight is 228 g/mol. The van der Waals surface area contributed by atoms with Gasteiger partial charge < -0.3 is 15.4 Å². The minimum Gasteiger partial charge on any atom is -0.444 e. The number of carbonyl (C=O) groups is 2. The van der Waals surface area contributed by atoms with E-state index in [0.29, 0.717) is 13.0 Å². The van der Waals surface area contributed by atoms with Crippen molar-refractivity contribution < 1.29 is 14.3 Å². The molecule has 0 aromatic rings. The molecule has 0 aromatic heterocycles. The van der Waals surface area contributed by atoms with E-state index in [-0.39, 0.29) is 11.8 Å². The normalized spacial score (nSPS) is 20.4. The van der Waals surface area contributed by atoms with Crippen LogP contribution in [0.2, 0.25) is 0 Å². The third kappa shape index (κ3) is 4.51. The molecule has 1 rings (SSSR count). The Bertz CT molecular complexity index is 271. The first kappa shape index (κ1) is 12.8. The van der Waals surface area contributed by atoms with Gasteiger partial charge in [0.15, 0.2) is 0 Å². The third-order valence-electron chi connectivity index (χ3n) is 2.32. The van der Waals surface area contributed by atoms with Crippen molar-refractivity contribution in [3.63, 3.8) is 0 Å². The fraction of sp³-hybridized carbons (Fsp3) is 0.818. The van der Waals surface area contributed by atoms with Crippen LogP contribution in [0.5, 0.6) is 0 Å². The van der Waals surface area contributed by atoms with Gasteiger partial charge >= 0.3 is 6.09 Å². The van der Waals surface area contributed by atoms with Crippen molar-refractivity contribution in [3.05, 3.63) is 0 Å². The van der Waals surface area contributed by atoms with Crippen LogP contribution in [0, 0.1) is 5.92 Å². The molecule has 16 heavy (non-hydrogen) atoms. The maximum Gasteiger partial charge on any atom is 0.407 e. The van der Waals surface area contributed by atoms with Gasteiger partial charge in [0.25, 0.3) is 0 Å². The Balaban J connectivity index is 2.15. The number of hydrogen-bond acceptors (Lipinski definition) is 3. The van der Waals surface area contributed by atoms with E-state index >= 15 is 0 Å². The largest absolute Gasteiger partial charge is 0.444 e. The van der Waals surface area contributed by atoms with E-state index in [1.807, 2.05) is 20.8 Å². The lowest BCUT2D eigenvalue weighted by atomic mass is 10.0. The van der Waals surface area contributed by atoms with Crippen LogP contribution in [-0.4, -0.2) is 30.7 Å². The number of alkyl carbamates (subject to hydrolysis) is 1. The Kier molecular flexibility index (Phi) is 4.15. The van der Waals surface area contributed by atoms with Crippen molar-refractivity contribution in [2.45, 2.75) is 39.2 Å². The average Bonchev–Trinajstić information content (AvgIpc) is 2.48. The second-order valence-electron chi connectivity index (χ2n) is 4.99. The molecule has 1 aliphatic rings. The predicted octanol–water partition coefficient (Wildman–Crippen LogP) is 1.04. The van der Waals surface area contributed by atoms with Gasteiger partial charge in [0, 0.05) is 19.0 Å². The van der Waals surface area contributed by atoms with Crippen LogP contribution in [0.25, 0.3) is 0 Å². The second-order valence-corrected chi connectivity index (χ2v) is 4.99. The number of hydrogen-bond donors (Lipinski definition) is 2. The lowest BCUT2D eigenvalue weighted by Crippen LogP contribution is -2.34. The van der Waals surface area contributed by atoms with Crippen molar-refractivity contribution in [2.24, 2.45) is 5.92 Å². The summed E-state index contributed by atoms with van der Waals surface area (Å²) in [6.07, 6.45) is 1.10. The van der Waals surface area contributed by atoms with Gasteiger partial charge in [-0.2, -0.15) is 0 Å². The van der Waals surface area contributed by atoms with Gasteiger partial charge in [-0.1, -0.05) is 0 Å². The molecule has 0 saturated carbocycles. The molecule has 0 bridgehead atoms. The summed E-state index contributed by atoms with van der Waals surface area (Å²) in [5.41, 5.74) is -0.477. The quantitative estimate of drug-likeness (QED) is 0.758. The highest BCUT2D eigenvalue weighted by atomic mass is 16.6. The molecule has 2 amide bonds. The summed E-state index contributed by atoms with van der Waals surface area (Å²) in [6, 6.07) is 0. The molecular formula is C11H20N2O3. The Morgan fingerprint density at radius 1 is 1.56 bits per heavy atom. The van der Waals surface area contributed by atoms with Crippen LogP contribution in [0.1, 0.15) is 33.6 Å². The van der Waals surface area contributed by atoms with Gasteiger partial charge in [-0.05, 0) is 33.6 Å². The number of rotatable bonds is 3. The summed E-state index contributed by atoms with van der Waals surface area (Å²) in [5, 5.41) is 5.41. The Morgan fingerprint density at radius 3 is 2.75 bits per heavy atom. The van der Waals surface area contributed by atoms with Gasteiger partial charge in [0.05, 0.1) is 0 Å². The number of amides is 2. The molecule has 1 saturated heterocycles. The van der Waals surface area contributed by atoms with Crippen molar-refractivity contribution in [1.29, 1.82) is 0 Å². The van der Waals surface area contributed by atoms with E-state index < -0.39 is 11.7 Å². The van der Waals surface area contributed by atoms with Gasteiger partial charge in [-0.25, -0.2) is 4.79 Å². The molecule has 0 radical (unpaired) electrons. The zero-order valence-electron chi connectivity index (χ0n) is 10.1. The van der Waals surface area contributed by atoms with E-state index in [1.165, 1.54) is 0 Å². The Labute approximate surface area is 95.9 Å². The van der Waals surface area contributed by atoms with Crippen molar-refractivity contribution in [2.75, 3.05) is 13.1 Å². The molecule has 92 valence electrons. The minimum atomic E-state index is -0.477. The van der Waals surface area contributed by atoms with Crippen LogP contribution in [-0.2, 0) is 9.53 Å². The molecule has 1 fully saturated rings. The van der Waals surface area contributed by atoms with Crippen molar-refractivity contribution in [1.82, 2.24) is 10.6 Å². The molecular weight excluding hydrogens is 208 g/mol. The van der Waals surface area contributed by atoms with Crippen LogP contribution in [0.15, 0.2) is 0 Å². The third-order valence-corrected chi connectivity index (χ3v) is 2.32. The minimum absolute atomic E-state index is 0.0370. The molecule has 1 heterocycles. The predicted molar refractivity (Wildman–Crippen MR) is 60.0 cm³/mol.